The van der Waals surface area contributed by atoms with E-state index in [0.717, 1.165) is 9.87 Å². The molecule has 0 aliphatic rings. The van der Waals surface area contributed by atoms with E-state index in [2.05, 4.69) is 15.3 Å². The highest BCUT2D eigenvalue weighted by atomic mass is 35.5. The molecule has 5 rings (SSSR count). The smallest absolute Gasteiger partial charge is 0.296 e. The molecule has 0 aliphatic carbocycles. The average Bonchev–Trinajstić information content (AvgIpc) is 3.50. The number of rotatable bonds is 7. The number of thiazole rings is 1. The van der Waals surface area contributed by atoms with Crippen molar-refractivity contribution in [2.24, 2.45) is 7.05 Å². The van der Waals surface area contributed by atoms with Gasteiger partial charge >= 0.3 is 0 Å². The van der Waals surface area contributed by atoms with E-state index in [-0.39, 0.29) is 21.2 Å². The van der Waals surface area contributed by atoms with E-state index in [1.807, 2.05) is 12.1 Å². The van der Waals surface area contributed by atoms with Crippen LogP contribution in [-0.2, 0) is 17.1 Å². The number of benzene rings is 2. The Morgan fingerprint density at radius 2 is 1.85 bits per heavy atom. The average molecular weight is 595 g/mol. The Morgan fingerprint density at radius 3 is 2.55 bits per heavy atom. The highest BCUT2D eigenvalue weighted by molar-refractivity contribution is 7.92. The minimum absolute atomic E-state index is 0.0157. The molecule has 0 radical (unpaired) electrons. The number of hydrogen-bond donors (Lipinski definition) is 1. The molecule has 13 heteroatoms. The van der Waals surface area contributed by atoms with Gasteiger partial charge in [0.15, 0.2) is 5.13 Å². The zero-order valence-electron chi connectivity index (χ0n) is 21.6. The molecule has 2 aromatic carbocycles. The normalized spacial score (nSPS) is 11.4. The van der Waals surface area contributed by atoms with Crippen molar-refractivity contribution in [1.29, 1.82) is 0 Å². The van der Waals surface area contributed by atoms with E-state index in [9.17, 15) is 18.0 Å². The molecule has 40 heavy (non-hydrogen) atoms. The number of sulfonamides is 1. The molecular formula is C27H23ClN6O4S2. The molecule has 0 fully saturated rings. The fourth-order valence-electron chi connectivity index (χ4n) is 4.18. The maximum atomic E-state index is 13.7. The van der Waals surface area contributed by atoms with Crippen LogP contribution < -0.4 is 15.2 Å². The lowest BCUT2D eigenvalue weighted by atomic mass is 10.2. The van der Waals surface area contributed by atoms with Crippen LogP contribution in [0.3, 0.4) is 0 Å². The van der Waals surface area contributed by atoms with Gasteiger partial charge in [0.25, 0.3) is 21.5 Å². The van der Waals surface area contributed by atoms with Gasteiger partial charge in [-0.1, -0.05) is 29.8 Å². The quantitative estimate of drug-likeness (QED) is 0.291. The zero-order valence-corrected chi connectivity index (χ0v) is 24.0. The van der Waals surface area contributed by atoms with Crippen molar-refractivity contribution < 1.29 is 13.2 Å². The van der Waals surface area contributed by atoms with Crippen molar-refractivity contribution in [1.82, 2.24) is 19.3 Å². The zero-order chi connectivity index (χ0) is 28.6. The first-order valence-corrected chi connectivity index (χ1v) is 14.6. The predicted molar refractivity (Wildman–Crippen MR) is 156 cm³/mol. The van der Waals surface area contributed by atoms with Gasteiger partial charge in [-0.15, -0.1) is 11.3 Å². The lowest BCUT2D eigenvalue weighted by Crippen LogP contribution is -2.32. The minimum atomic E-state index is -4.25. The maximum Gasteiger partial charge on any atom is 0.296 e. The Kier molecular flexibility index (Phi) is 7.32. The van der Waals surface area contributed by atoms with Crippen LogP contribution in [0.15, 0.2) is 88.1 Å². The van der Waals surface area contributed by atoms with E-state index in [1.165, 1.54) is 41.3 Å². The third-order valence-corrected chi connectivity index (χ3v) is 9.20. The van der Waals surface area contributed by atoms with Gasteiger partial charge < -0.3 is 0 Å². The molecule has 0 spiro atoms. The van der Waals surface area contributed by atoms with E-state index in [4.69, 9.17) is 11.6 Å². The van der Waals surface area contributed by atoms with E-state index in [1.54, 1.807) is 66.8 Å². The van der Waals surface area contributed by atoms with Crippen molar-refractivity contribution >= 4 is 49.7 Å². The summed E-state index contributed by atoms with van der Waals surface area (Å²) in [5.41, 5.74) is 1.89. The van der Waals surface area contributed by atoms with Crippen LogP contribution in [0.25, 0.3) is 16.9 Å². The molecule has 0 bridgehead atoms. The van der Waals surface area contributed by atoms with Gasteiger partial charge in [-0.3, -0.25) is 28.9 Å². The summed E-state index contributed by atoms with van der Waals surface area (Å²) in [6.07, 6.45) is 3.31. The molecule has 0 saturated heterocycles. The summed E-state index contributed by atoms with van der Waals surface area (Å²) in [5, 5.41) is 4.82. The molecule has 0 atom stereocenters. The second kappa shape index (κ2) is 10.7. The summed E-state index contributed by atoms with van der Waals surface area (Å²) in [5.74, 6) is -0.626. The van der Waals surface area contributed by atoms with Gasteiger partial charge in [0.2, 0.25) is 0 Å². The lowest BCUT2D eigenvalue weighted by molar-refractivity contribution is 0.102. The molecule has 3 heterocycles. The highest BCUT2D eigenvalue weighted by Crippen LogP contribution is 2.29. The van der Waals surface area contributed by atoms with Gasteiger partial charge in [0.05, 0.1) is 32.6 Å². The molecule has 0 saturated carbocycles. The number of aromatic nitrogens is 4. The fraction of sp³-hybridized carbons (Fsp3) is 0.111. The Hall–Kier alpha value is -4.26. The molecule has 1 N–H and O–H groups in total. The number of carbonyl (C=O) groups is 1. The Labute approximate surface area is 239 Å². The maximum absolute atomic E-state index is 13.7. The standard InChI is InChI=1S/C27H23ClN6O4S2/c1-17-24(26(36)34(32(17)2)19-9-5-4-6-10-19)33(3)40(37,38)20-11-12-22(28)21(14-20)25(35)31-27-30-23(16-39-27)18-8-7-13-29-15-18/h4-16H,1-3H3,(H,30,31,35). The largest absolute Gasteiger partial charge is 0.298 e. The molecule has 204 valence electrons. The Balaban J connectivity index is 1.45. The molecular weight excluding hydrogens is 572 g/mol. The van der Waals surface area contributed by atoms with Crippen LogP contribution in [0.4, 0.5) is 10.8 Å². The second-order valence-electron chi connectivity index (χ2n) is 8.76. The molecule has 3 aromatic heterocycles. The third-order valence-electron chi connectivity index (χ3n) is 6.36. The van der Waals surface area contributed by atoms with E-state index >= 15 is 0 Å². The van der Waals surface area contributed by atoms with Crippen LogP contribution in [-0.4, -0.2) is 40.7 Å². The van der Waals surface area contributed by atoms with E-state index < -0.39 is 21.5 Å². The second-order valence-corrected chi connectivity index (χ2v) is 12.0. The van der Waals surface area contributed by atoms with E-state index in [0.29, 0.717) is 22.2 Å². The Morgan fingerprint density at radius 1 is 1.10 bits per heavy atom. The highest BCUT2D eigenvalue weighted by Gasteiger charge is 2.30. The molecule has 5 aromatic rings. The van der Waals surface area contributed by atoms with Crippen LogP contribution >= 0.6 is 22.9 Å². The number of amides is 1. The summed E-state index contributed by atoms with van der Waals surface area (Å²) in [6, 6.07) is 16.4. The van der Waals surface area contributed by atoms with Crippen LogP contribution in [0.1, 0.15) is 16.1 Å². The summed E-state index contributed by atoms with van der Waals surface area (Å²) in [6.45, 7) is 1.66. The number of para-hydroxylation sites is 1. The third kappa shape index (κ3) is 4.92. The SMILES string of the molecule is Cc1c(N(C)S(=O)(=O)c2ccc(Cl)c(C(=O)Nc3nc(-c4cccnc4)cs3)c2)c(=O)n(-c2ccccc2)n1C. The molecule has 0 aliphatic heterocycles. The minimum Gasteiger partial charge on any atom is -0.298 e. The monoisotopic (exact) mass is 594 g/mol. The molecule has 10 nitrogen and oxygen atoms in total. The van der Waals surface area contributed by atoms with Crippen molar-refractivity contribution in [3.8, 4) is 16.9 Å². The number of pyridine rings is 1. The fourth-order valence-corrected chi connectivity index (χ4v) is 6.37. The summed E-state index contributed by atoms with van der Waals surface area (Å²) < 4.78 is 31.3. The number of nitrogens with one attached hydrogen (secondary N) is 1. The van der Waals surface area contributed by atoms with Crippen LogP contribution in [0, 0.1) is 6.92 Å². The topological polar surface area (TPSA) is 119 Å². The first-order chi connectivity index (χ1) is 19.1. The summed E-state index contributed by atoms with van der Waals surface area (Å²) in [7, 11) is -1.27. The van der Waals surface area contributed by atoms with Crippen molar-refractivity contribution in [3.63, 3.8) is 0 Å². The van der Waals surface area contributed by atoms with Gasteiger partial charge in [0, 0.05) is 37.4 Å². The van der Waals surface area contributed by atoms with Gasteiger partial charge in [-0.25, -0.2) is 18.1 Å². The molecule has 1 amide bonds. The lowest BCUT2D eigenvalue weighted by Gasteiger charge is -2.19. The first kappa shape index (κ1) is 27.3. The Bertz CT molecular complexity index is 1880. The number of carbonyl (C=O) groups excluding carboxylic acids is 1. The number of anilines is 2. The summed E-state index contributed by atoms with van der Waals surface area (Å²) in [4.78, 5) is 34.8. The van der Waals surface area contributed by atoms with Gasteiger partial charge in [-0.05, 0) is 49.4 Å². The van der Waals surface area contributed by atoms with Gasteiger partial charge in [-0.2, -0.15) is 0 Å². The van der Waals surface area contributed by atoms with Crippen molar-refractivity contribution in [3.05, 3.63) is 105 Å². The number of hydrogen-bond acceptors (Lipinski definition) is 7. The van der Waals surface area contributed by atoms with Crippen molar-refractivity contribution in [2.75, 3.05) is 16.7 Å². The van der Waals surface area contributed by atoms with Crippen LogP contribution in [0.5, 0.6) is 0 Å². The first-order valence-electron chi connectivity index (χ1n) is 11.9. The molecule has 0 unspecified atom stereocenters. The van der Waals surface area contributed by atoms with Gasteiger partial charge in [0.1, 0.15) is 5.69 Å². The summed E-state index contributed by atoms with van der Waals surface area (Å²) >= 11 is 7.51. The number of nitrogens with zero attached hydrogens (tertiary/aromatic N) is 5. The van der Waals surface area contributed by atoms with Crippen LogP contribution in [0.2, 0.25) is 5.02 Å². The number of halogens is 1. The predicted octanol–water partition coefficient (Wildman–Crippen LogP) is 4.73. The van der Waals surface area contributed by atoms with Crippen molar-refractivity contribution in [2.45, 2.75) is 11.8 Å².